The minimum absolute atomic E-state index is 0.342. The molecule has 0 radical (unpaired) electrons. The number of fused-ring (bicyclic) bond motifs is 5. The zero-order chi connectivity index (χ0) is 19.0. The predicted octanol–water partition coefficient (Wildman–Crippen LogP) is 5.82. The van der Waals surface area contributed by atoms with Gasteiger partial charge in [0, 0.05) is 20.2 Å². The first-order valence-electron chi connectivity index (χ1n) is 9.47. The van der Waals surface area contributed by atoms with Gasteiger partial charge in [-0.3, -0.25) is 0 Å². The molecule has 0 bridgehead atoms. The van der Waals surface area contributed by atoms with Gasteiger partial charge in [-0.1, -0.05) is 36.4 Å². The first kappa shape index (κ1) is 17.2. The average molecular weight is 374 g/mol. The first-order valence-corrected chi connectivity index (χ1v) is 10.3. The Morgan fingerprint density at radius 2 is 1.44 bits per heavy atom. The summed E-state index contributed by atoms with van der Waals surface area (Å²) in [5, 5.41) is 5.15. The Hall–Kier alpha value is -1.88. The summed E-state index contributed by atoms with van der Waals surface area (Å²) in [6.45, 7) is 10.6. The molecule has 4 heteroatoms. The van der Waals surface area contributed by atoms with Gasteiger partial charge in [-0.25, -0.2) is 0 Å². The van der Waals surface area contributed by atoms with Crippen LogP contribution in [0.4, 0.5) is 0 Å². The van der Waals surface area contributed by atoms with E-state index in [9.17, 15) is 0 Å². The number of thiophene rings is 1. The topological polar surface area (TPSA) is 18.5 Å². The lowest BCUT2D eigenvalue weighted by Gasteiger charge is -2.32. The minimum atomic E-state index is -0.351. The largest absolute Gasteiger partial charge is 0.495 e. The van der Waals surface area contributed by atoms with Gasteiger partial charge in [0.05, 0.1) is 11.2 Å². The molecule has 1 aliphatic heterocycles. The van der Waals surface area contributed by atoms with Crippen molar-refractivity contribution in [2.45, 2.75) is 45.8 Å². The molecule has 1 saturated heterocycles. The quantitative estimate of drug-likeness (QED) is 0.391. The van der Waals surface area contributed by atoms with Crippen molar-refractivity contribution < 1.29 is 9.31 Å². The maximum atomic E-state index is 6.38. The van der Waals surface area contributed by atoms with Crippen LogP contribution in [0.3, 0.4) is 0 Å². The molecule has 0 saturated carbocycles. The molecule has 0 N–H and O–H groups in total. The molecule has 0 unspecified atom stereocenters. The molecule has 0 atom stereocenters. The first-order chi connectivity index (χ1) is 12.8. The van der Waals surface area contributed by atoms with Crippen LogP contribution in [0, 0.1) is 6.92 Å². The normalized spacial score (nSPS) is 18.8. The maximum absolute atomic E-state index is 6.38. The summed E-state index contributed by atoms with van der Waals surface area (Å²) in [5.41, 5.74) is 1.74. The van der Waals surface area contributed by atoms with E-state index in [1.54, 1.807) is 0 Å². The van der Waals surface area contributed by atoms with Gasteiger partial charge < -0.3 is 9.31 Å². The van der Waals surface area contributed by atoms with Crippen LogP contribution >= 0.6 is 11.3 Å². The molecule has 1 aliphatic rings. The fraction of sp³-hybridized carbons (Fsp3) is 0.304. The van der Waals surface area contributed by atoms with Crippen molar-refractivity contribution in [3.05, 3.63) is 54.1 Å². The van der Waals surface area contributed by atoms with Crippen molar-refractivity contribution >= 4 is 54.9 Å². The Balaban J connectivity index is 1.82. The Morgan fingerprint density at radius 3 is 2.15 bits per heavy atom. The van der Waals surface area contributed by atoms with E-state index in [1.165, 1.54) is 36.5 Å². The minimum Gasteiger partial charge on any atom is -0.399 e. The lowest BCUT2D eigenvalue weighted by molar-refractivity contribution is 0.00578. The van der Waals surface area contributed by atoms with E-state index >= 15 is 0 Å². The van der Waals surface area contributed by atoms with Crippen molar-refractivity contribution in [2.24, 2.45) is 0 Å². The molecule has 2 heterocycles. The van der Waals surface area contributed by atoms with E-state index in [-0.39, 0.29) is 18.3 Å². The van der Waals surface area contributed by atoms with Crippen molar-refractivity contribution in [1.29, 1.82) is 0 Å². The van der Waals surface area contributed by atoms with Crippen molar-refractivity contribution in [2.75, 3.05) is 0 Å². The van der Waals surface area contributed by atoms with Crippen molar-refractivity contribution in [1.82, 2.24) is 0 Å². The van der Waals surface area contributed by atoms with Gasteiger partial charge in [-0.05, 0) is 68.6 Å². The van der Waals surface area contributed by atoms with Gasteiger partial charge in [0.25, 0.3) is 0 Å². The summed E-state index contributed by atoms with van der Waals surface area (Å²) in [5.74, 6) is 0. The van der Waals surface area contributed by atoms with Crippen molar-refractivity contribution in [3.63, 3.8) is 0 Å². The number of benzene rings is 3. The Labute approximate surface area is 164 Å². The number of aryl methyl sites for hydroxylation is 1. The fourth-order valence-corrected chi connectivity index (χ4v) is 5.21. The van der Waals surface area contributed by atoms with E-state index in [1.807, 2.05) is 11.3 Å². The molecule has 136 valence electrons. The molecular weight excluding hydrogens is 351 g/mol. The average Bonchev–Trinajstić information content (AvgIpc) is 3.07. The molecule has 1 fully saturated rings. The lowest BCUT2D eigenvalue weighted by Crippen LogP contribution is -2.41. The molecule has 5 rings (SSSR count). The highest BCUT2D eigenvalue weighted by atomic mass is 32.1. The third-order valence-corrected chi connectivity index (χ3v) is 7.27. The summed E-state index contributed by atoms with van der Waals surface area (Å²) in [4.78, 5) is 0. The molecule has 3 aromatic carbocycles. The number of hydrogen-bond donors (Lipinski definition) is 0. The lowest BCUT2D eigenvalue weighted by atomic mass is 9.75. The molecule has 1 aromatic heterocycles. The van der Waals surface area contributed by atoms with Crippen LogP contribution in [0.25, 0.3) is 30.9 Å². The zero-order valence-electron chi connectivity index (χ0n) is 16.4. The monoisotopic (exact) mass is 374 g/mol. The zero-order valence-corrected chi connectivity index (χ0v) is 17.2. The summed E-state index contributed by atoms with van der Waals surface area (Å²) in [6.07, 6.45) is 0. The SMILES string of the molecule is Cc1ccc2c(c1)sc1cc(B3OC(C)(C)C(C)(C)O3)c3ccccc3c12. The molecule has 4 aromatic rings. The molecule has 2 nitrogen and oxygen atoms in total. The van der Waals surface area contributed by atoms with Gasteiger partial charge in [0.1, 0.15) is 0 Å². The fourth-order valence-electron chi connectivity index (χ4n) is 3.94. The van der Waals surface area contributed by atoms with Crippen LogP contribution < -0.4 is 5.46 Å². The van der Waals surface area contributed by atoms with Crippen molar-refractivity contribution in [3.8, 4) is 0 Å². The van der Waals surface area contributed by atoms with Crippen LogP contribution in [0.2, 0.25) is 0 Å². The Bertz CT molecular complexity index is 1190. The summed E-state index contributed by atoms with van der Waals surface area (Å²) < 4.78 is 15.4. The summed E-state index contributed by atoms with van der Waals surface area (Å²) in [6, 6.07) is 17.6. The van der Waals surface area contributed by atoms with Gasteiger partial charge in [-0.2, -0.15) is 0 Å². The Kier molecular flexibility index (Phi) is 3.56. The second-order valence-corrected chi connectivity index (χ2v) is 9.66. The summed E-state index contributed by atoms with van der Waals surface area (Å²) >= 11 is 1.85. The predicted molar refractivity (Wildman–Crippen MR) is 117 cm³/mol. The van der Waals surface area contributed by atoms with E-state index < -0.39 is 0 Å². The van der Waals surface area contributed by atoms with E-state index in [0.29, 0.717) is 0 Å². The molecule has 0 amide bonds. The molecule has 0 aliphatic carbocycles. The molecular formula is C23H23BO2S. The van der Waals surface area contributed by atoms with E-state index in [4.69, 9.17) is 9.31 Å². The second kappa shape index (κ2) is 5.57. The highest BCUT2D eigenvalue weighted by molar-refractivity contribution is 7.26. The maximum Gasteiger partial charge on any atom is 0.495 e. The standard InChI is InChI=1S/C23H23BO2S/c1-14-10-11-17-19(12-14)27-20-13-18(15-8-6-7-9-16(15)21(17)20)24-25-22(2,3)23(4,5)26-24/h6-13H,1-5H3. The number of hydrogen-bond acceptors (Lipinski definition) is 3. The van der Waals surface area contributed by atoms with Gasteiger partial charge in [0.15, 0.2) is 0 Å². The third kappa shape index (κ3) is 2.47. The van der Waals surface area contributed by atoms with Crippen LogP contribution in [0.15, 0.2) is 48.5 Å². The van der Waals surface area contributed by atoms with E-state index in [0.717, 1.165) is 5.46 Å². The smallest absolute Gasteiger partial charge is 0.399 e. The number of rotatable bonds is 1. The highest BCUT2D eigenvalue weighted by Gasteiger charge is 2.52. The summed E-state index contributed by atoms with van der Waals surface area (Å²) in [7, 11) is -0.351. The highest BCUT2D eigenvalue weighted by Crippen LogP contribution is 2.41. The van der Waals surface area contributed by atoms with Crippen LogP contribution in [-0.2, 0) is 9.31 Å². The van der Waals surface area contributed by atoms with E-state index in [2.05, 4.69) is 83.1 Å². The Morgan fingerprint density at radius 1 is 0.778 bits per heavy atom. The van der Waals surface area contributed by atoms with Crippen LogP contribution in [0.5, 0.6) is 0 Å². The second-order valence-electron chi connectivity index (χ2n) is 8.57. The van der Waals surface area contributed by atoms with Crippen LogP contribution in [0.1, 0.15) is 33.3 Å². The molecule has 27 heavy (non-hydrogen) atoms. The molecule has 0 spiro atoms. The van der Waals surface area contributed by atoms with Gasteiger partial charge >= 0.3 is 7.12 Å². The van der Waals surface area contributed by atoms with Gasteiger partial charge in [-0.15, -0.1) is 11.3 Å². The van der Waals surface area contributed by atoms with Crippen LogP contribution in [-0.4, -0.2) is 18.3 Å². The third-order valence-electron chi connectivity index (χ3n) is 6.17. The van der Waals surface area contributed by atoms with Gasteiger partial charge in [0.2, 0.25) is 0 Å².